The zero-order valence-electron chi connectivity index (χ0n) is 7.29. The van der Waals surface area contributed by atoms with E-state index in [2.05, 4.69) is 22.5 Å². The molecule has 0 saturated carbocycles. The summed E-state index contributed by atoms with van der Waals surface area (Å²) in [5.74, 6) is 0. The van der Waals surface area contributed by atoms with Crippen LogP contribution in [0.15, 0.2) is 35.3 Å². The van der Waals surface area contributed by atoms with E-state index in [0.717, 1.165) is 15.7 Å². The van der Waals surface area contributed by atoms with Gasteiger partial charge >= 0.3 is 0 Å². The van der Waals surface area contributed by atoms with Gasteiger partial charge in [-0.15, -0.1) is 6.58 Å². The van der Waals surface area contributed by atoms with Gasteiger partial charge in [0, 0.05) is 15.7 Å². The van der Waals surface area contributed by atoms with Crippen LogP contribution in [0.3, 0.4) is 0 Å². The number of hydrogen-bond acceptors (Lipinski definition) is 2. The molecule has 0 aliphatic heterocycles. The lowest BCUT2D eigenvalue weighted by molar-refractivity contribution is 0.149. The van der Waals surface area contributed by atoms with E-state index in [1.165, 1.54) is 0 Å². The Hall–Kier alpha value is -0.800. The lowest BCUT2D eigenvalue weighted by Crippen LogP contribution is -1.97. The highest BCUT2D eigenvalue weighted by Gasteiger charge is 1.99. The Morgan fingerprint density at radius 3 is 3.00 bits per heavy atom. The van der Waals surface area contributed by atoms with Crippen LogP contribution in [-0.2, 0) is 11.3 Å². The molecule has 0 unspecified atom stereocenters. The zero-order chi connectivity index (χ0) is 9.68. The number of benzene rings is 1. The summed E-state index contributed by atoms with van der Waals surface area (Å²) in [4.78, 5) is 0. The molecule has 0 aromatic heterocycles. The molecule has 13 heavy (non-hydrogen) atoms. The smallest absolute Gasteiger partial charge is 0.0741 e. The van der Waals surface area contributed by atoms with Crippen LogP contribution in [0.5, 0.6) is 0 Å². The minimum Gasteiger partial charge on any atom is -0.398 e. The van der Waals surface area contributed by atoms with Crippen LogP contribution < -0.4 is 5.73 Å². The predicted molar refractivity (Wildman–Crippen MR) is 58.4 cm³/mol. The van der Waals surface area contributed by atoms with Crippen molar-refractivity contribution in [3.05, 3.63) is 40.9 Å². The normalized spacial score (nSPS) is 9.92. The second-order valence-corrected chi connectivity index (χ2v) is 3.56. The fourth-order valence-electron chi connectivity index (χ4n) is 0.952. The van der Waals surface area contributed by atoms with Gasteiger partial charge in [0.15, 0.2) is 0 Å². The van der Waals surface area contributed by atoms with Gasteiger partial charge in [-0.25, -0.2) is 0 Å². The molecular formula is C10H12BrNO. The summed E-state index contributed by atoms with van der Waals surface area (Å²) in [5.41, 5.74) is 7.50. The van der Waals surface area contributed by atoms with E-state index in [4.69, 9.17) is 10.5 Å². The highest BCUT2D eigenvalue weighted by Crippen LogP contribution is 2.18. The summed E-state index contributed by atoms with van der Waals surface area (Å²) in [6, 6.07) is 5.72. The quantitative estimate of drug-likeness (QED) is 0.500. The zero-order valence-corrected chi connectivity index (χ0v) is 8.88. The molecule has 0 radical (unpaired) electrons. The van der Waals surface area contributed by atoms with Gasteiger partial charge in [-0.1, -0.05) is 22.0 Å². The molecule has 1 aromatic carbocycles. The molecule has 0 bridgehead atoms. The molecule has 1 aromatic rings. The van der Waals surface area contributed by atoms with Crippen molar-refractivity contribution < 1.29 is 4.74 Å². The van der Waals surface area contributed by atoms with Gasteiger partial charge in [-0.05, 0) is 18.2 Å². The highest BCUT2D eigenvalue weighted by molar-refractivity contribution is 9.10. The number of nitrogens with two attached hydrogens (primary N) is 1. The van der Waals surface area contributed by atoms with Gasteiger partial charge in [0.05, 0.1) is 13.2 Å². The Morgan fingerprint density at radius 2 is 2.31 bits per heavy atom. The average Bonchev–Trinajstić information content (AvgIpc) is 2.11. The molecule has 3 heteroatoms. The first-order chi connectivity index (χ1) is 6.24. The standard InChI is InChI=1S/C10H12BrNO/c1-2-5-13-7-8-6-9(11)3-4-10(8)12/h2-4,6H,1,5,7,12H2. The van der Waals surface area contributed by atoms with E-state index in [0.29, 0.717) is 13.2 Å². The van der Waals surface area contributed by atoms with Gasteiger partial charge < -0.3 is 10.5 Å². The van der Waals surface area contributed by atoms with Crippen LogP contribution in [0.1, 0.15) is 5.56 Å². The maximum absolute atomic E-state index is 5.75. The molecule has 0 saturated heterocycles. The topological polar surface area (TPSA) is 35.2 Å². The first-order valence-corrected chi connectivity index (χ1v) is 4.76. The Balaban J connectivity index is 2.64. The molecule has 70 valence electrons. The third-order valence-electron chi connectivity index (χ3n) is 1.60. The first-order valence-electron chi connectivity index (χ1n) is 3.96. The lowest BCUT2D eigenvalue weighted by Gasteiger charge is -2.05. The summed E-state index contributed by atoms with van der Waals surface area (Å²) in [5, 5.41) is 0. The summed E-state index contributed by atoms with van der Waals surface area (Å²) in [6.45, 7) is 4.64. The van der Waals surface area contributed by atoms with E-state index in [1.807, 2.05) is 18.2 Å². The van der Waals surface area contributed by atoms with Crippen LogP contribution in [0, 0.1) is 0 Å². The van der Waals surface area contributed by atoms with Crippen molar-refractivity contribution in [3.8, 4) is 0 Å². The fourth-order valence-corrected chi connectivity index (χ4v) is 1.36. The molecule has 2 nitrogen and oxygen atoms in total. The maximum Gasteiger partial charge on any atom is 0.0741 e. The Bertz CT molecular complexity index is 299. The third-order valence-corrected chi connectivity index (χ3v) is 2.09. The molecule has 0 aliphatic carbocycles. The van der Waals surface area contributed by atoms with Crippen molar-refractivity contribution in [1.82, 2.24) is 0 Å². The Labute approximate surface area is 86.5 Å². The molecule has 1 rings (SSSR count). The summed E-state index contributed by atoms with van der Waals surface area (Å²) >= 11 is 3.37. The van der Waals surface area contributed by atoms with E-state index in [9.17, 15) is 0 Å². The van der Waals surface area contributed by atoms with Crippen molar-refractivity contribution in [3.63, 3.8) is 0 Å². The van der Waals surface area contributed by atoms with Crippen molar-refractivity contribution in [1.29, 1.82) is 0 Å². The Morgan fingerprint density at radius 1 is 1.54 bits per heavy atom. The second kappa shape index (κ2) is 5.04. The van der Waals surface area contributed by atoms with Crippen LogP contribution in [0.25, 0.3) is 0 Å². The number of ether oxygens (including phenoxy) is 1. The molecular weight excluding hydrogens is 230 g/mol. The second-order valence-electron chi connectivity index (χ2n) is 2.65. The van der Waals surface area contributed by atoms with Gasteiger partial charge in [-0.2, -0.15) is 0 Å². The molecule has 0 spiro atoms. The van der Waals surface area contributed by atoms with Crippen molar-refractivity contribution in [2.75, 3.05) is 12.3 Å². The van der Waals surface area contributed by atoms with Gasteiger partial charge in [0.2, 0.25) is 0 Å². The third kappa shape index (κ3) is 3.20. The van der Waals surface area contributed by atoms with Crippen molar-refractivity contribution in [2.24, 2.45) is 0 Å². The van der Waals surface area contributed by atoms with E-state index in [-0.39, 0.29) is 0 Å². The van der Waals surface area contributed by atoms with E-state index in [1.54, 1.807) is 6.08 Å². The largest absolute Gasteiger partial charge is 0.398 e. The SMILES string of the molecule is C=CCOCc1cc(Br)ccc1N. The molecule has 0 atom stereocenters. The molecule has 2 N–H and O–H groups in total. The number of rotatable bonds is 4. The number of hydrogen-bond donors (Lipinski definition) is 1. The number of nitrogen functional groups attached to an aromatic ring is 1. The Kier molecular flexibility index (Phi) is 3.99. The molecule has 0 aliphatic rings. The van der Waals surface area contributed by atoms with Gasteiger partial charge in [0.1, 0.15) is 0 Å². The summed E-state index contributed by atoms with van der Waals surface area (Å²) in [6.07, 6.45) is 1.72. The number of anilines is 1. The fraction of sp³-hybridized carbons (Fsp3) is 0.200. The summed E-state index contributed by atoms with van der Waals surface area (Å²) in [7, 11) is 0. The lowest BCUT2D eigenvalue weighted by atomic mass is 10.2. The molecule has 0 amide bonds. The van der Waals surface area contributed by atoms with Crippen LogP contribution in [0.4, 0.5) is 5.69 Å². The molecule has 0 heterocycles. The van der Waals surface area contributed by atoms with Crippen molar-refractivity contribution in [2.45, 2.75) is 6.61 Å². The minimum atomic E-state index is 0.525. The monoisotopic (exact) mass is 241 g/mol. The first kappa shape index (κ1) is 10.3. The minimum absolute atomic E-state index is 0.525. The highest BCUT2D eigenvalue weighted by atomic mass is 79.9. The average molecular weight is 242 g/mol. The predicted octanol–water partition coefficient (Wildman–Crippen LogP) is 2.73. The number of halogens is 1. The maximum atomic E-state index is 5.75. The van der Waals surface area contributed by atoms with E-state index < -0.39 is 0 Å². The van der Waals surface area contributed by atoms with Crippen molar-refractivity contribution >= 4 is 21.6 Å². The van der Waals surface area contributed by atoms with E-state index >= 15 is 0 Å². The van der Waals surface area contributed by atoms with Crippen LogP contribution >= 0.6 is 15.9 Å². The summed E-state index contributed by atoms with van der Waals surface area (Å²) < 4.78 is 6.30. The van der Waals surface area contributed by atoms with Gasteiger partial charge in [-0.3, -0.25) is 0 Å². The van der Waals surface area contributed by atoms with Crippen LogP contribution in [-0.4, -0.2) is 6.61 Å². The molecule has 0 fully saturated rings. The van der Waals surface area contributed by atoms with Crippen LogP contribution in [0.2, 0.25) is 0 Å². The van der Waals surface area contributed by atoms with Gasteiger partial charge in [0.25, 0.3) is 0 Å².